The van der Waals surface area contributed by atoms with E-state index >= 15 is 0 Å². The summed E-state index contributed by atoms with van der Waals surface area (Å²) in [6.45, 7) is 4.46. The Kier molecular flexibility index (Phi) is 7.64. The summed E-state index contributed by atoms with van der Waals surface area (Å²) >= 11 is 0. The van der Waals surface area contributed by atoms with E-state index in [1.165, 1.54) is 126 Å². The van der Waals surface area contributed by atoms with Crippen molar-refractivity contribution < 1.29 is 0 Å². The molecule has 0 bridgehead atoms. The maximum atomic E-state index is 4.77. The number of piperidine rings is 2. The lowest BCUT2D eigenvalue weighted by atomic mass is 9.64. The van der Waals surface area contributed by atoms with Crippen LogP contribution in [0.5, 0.6) is 0 Å². The van der Waals surface area contributed by atoms with Gasteiger partial charge in [-0.3, -0.25) is 9.97 Å². The first-order valence-electron chi connectivity index (χ1n) is 20.1. The van der Waals surface area contributed by atoms with E-state index in [-0.39, 0.29) is 11.8 Å². The molecule has 2 atom stereocenters. The minimum atomic E-state index is 0.0936. The van der Waals surface area contributed by atoms with Crippen LogP contribution in [0.25, 0.3) is 48.7 Å². The maximum absolute atomic E-state index is 4.77. The van der Waals surface area contributed by atoms with Crippen molar-refractivity contribution in [3.8, 4) is 0 Å². The molecule has 4 nitrogen and oxygen atoms in total. The maximum Gasteiger partial charge on any atom is 0.0372 e. The van der Waals surface area contributed by atoms with Crippen LogP contribution in [0.1, 0.15) is 66.7 Å². The number of allylic oxidation sites excluding steroid dienone is 4. The number of anilines is 1. The minimum Gasteiger partial charge on any atom is -0.372 e. The van der Waals surface area contributed by atoms with Gasteiger partial charge in [0.1, 0.15) is 0 Å². The fourth-order valence-electron chi connectivity index (χ4n) is 10.3. The predicted octanol–water partition coefficient (Wildman–Crippen LogP) is 11.6. The van der Waals surface area contributed by atoms with Crippen LogP contribution in [0.3, 0.4) is 0 Å². The SMILES string of the molecule is C1=CC2=C(c3c4ccccc4cc4ccncc34)c3cc(N4CCCCC4)ccc3C(c3c4ccccc4cc4ccncc34)C2C=C1N1CCCCC1. The number of fused-ring (bicyclic) bond motifs is 6. The van der Waals surface area contributed by atoms with Gasteiger partial charge in [-0.1, -0.05) is 66.7 Å². The average molecular weight is 701 g/mol. The number of aromatic nitrogens is 2. The van der Waals surface area contributed by atoms with Crippen LogP contribution in [-0.4, -0.2) is 41.0 Å². The van der Waals surface area contributed by atoms with Crippen LogP contribution in [0.15, 0.2) is 145 Å². The van der Waals surface area contributed by atoms with Crippen LogP contribution in [-0.2, 0) is 0 Å². The van der Waals surface area contributed by atoms with Crippen molar-refractivity contribution in [1.29, 1.82) is 0 Å². The van der Waals surface area contributed by atoms with Gasteiger partial charge in [-0.25, -0.2) is 0 Å². The number of hydrogen-bond donors (Lipinski definition) is 0. The van der Waals surface area contributed by atoms with Crippen LogP contribution < -0.4 is 4.90 Å². The molecule has 0 saturated carbocycles. The Balaban J connectivity index is 1.27. The number of pyridine rings is 2. The quantitative estimate of drug-likeness (QED) is 0.171. The summed E-state index contributed by atoms with van der Waals surface area (Å²) in [4.78, 5) is 14.8. The summed E-state index contributed by atoms with van der Waals surface area (Å²) in [6.07, 6.45) is 23.3. The van der Waals surface area contributed by atoms with Gasteiger partial charge in [0.15, 0.2) is 0 Å². The number of benzene rings is 5. The fraction of sp³-hybridized carbons (Fsp3) is 0.240. The molecule has 4 aliphatic rings. The third-order valence-corrected chi connectivity index (χ3v) is 12.8. The van der Waals surface area contributed by atoms with Gasteiger partial charge in [-0.05, 0) is 147 Å². The summed E-state index contributed by atoms with van der Waals surface area (Å²) in [5.41, 5.74) is 10.9. The van der Waals surface area contributed by atoms with E-state index in [0.717, 1.165) is 26.2 Å². The minimum absolute atomic E-state index is 0.0936. The topological polar surface area (TPSA) is 32.3 Å². The lowest BCUT2D eigenvalue weighted by Gasteiger charge is -2.41. The van der Waals surface area contributed by atoms with Gasteiger partial charge in [0.2, 0.25) is 0 Å². The number of nitrogens with zero attached hydrogens (tertiary/aromatic N) is 4. The molecular formula is C50H44N4. The molecule has 4 heterocycles. The van der Waals surface area contributed by atoms with Gasteiger partial charge < -0.3 is 9.80 Å². The van der Waals surface area contributed by atoms with E-state index < -0.39 is 0 Å². The molecule has 2 saturated heterocycles. The van der Waals surface area contributed by atoms with Crippen molar-refractivity contribution in [3.05, 3.63) is 168 Å². The standard InChI is InChI=1S/C50H44N4/c1-7-23-53(24-8-1)37-15-17-41-43(29-37)49(47-39-13-5-3-11-33(39)27-35-19-21-51-31-45(35)47)42-18-16-38(54-25-9-2-10-26-54)30-44(42)50(41)48-40-14-6-4-12-34(40)28-36-20-22-52-32-46(36)48/h3-6,11-22,27-32,43,49H,1-2,7-10,23-26H2. The van der Waals surface area contributed by atoms with E-state index in [1.54, 1.807) is 0 Å². The van der Waals surface area contributed by atoms with Crippen LogP contribution in [0.2, 0.25) is 0 Å². The molecular weight excluding hydrogens is 657 g/mol. The van der Waals surface area contributed by atoms with Crippen LogP contribution >= 0.6 is 0 Å². The lowest BCUT2D eigenvalue weighted by molar-refractivity contribution is 0.290. The van der Waals surface area contributed by atoms with E-state index in [2.05, 4.69) is 131 Å². The Morgan fingerprint density at radius 1 is 0.537 bits per heavy atom. The predicted molar refractivity (Wildman–Crippen MR) is 225 cm³/mol. The molecule has 264 valence electrons. The van der Waals surface area contributed by atoms with E-state index in [4.69, 9.17) is 9.97 Å². The molecule has 0 radical (unpaired) electrons. The van der Waals surface area contributed by atoms with Gasteiger partial charge >= 0.3 is 0 Å². The Morgan fingerprint density at radius 2 is 1.17 bits per heavy atom. The molecule has 2 unspecified atom stereocenters. The van der Waals surface area contributed by atoms with Crippen molar-refractivity contribution >= 4 is 54.4 Å². The molecule has 4 heteroatoms. The highest BCUT2D eigenvalue weighted by Crippen LogP contribution is 2.55. The summed E-state index contributed by atoms with van der Waals surface area (Å²) in [6, 6.07) is 34.6. The molecule has 2 aliphatic heterocycles. The van der Waals surface area contributed by atoms with E-state index in [0.29, 0.717) is 0 Å². The summed E-state index contributed by atoms with van der Waals surface area (Å²) in [5.74, 6) is 0.214. The van der Waals surface area contributed by atoms with Crippen LogP contribution in [0.4, 0.5) is 5.69 Å². The second kappa shape index (κ2) is 13.0. The molecule has 54 heavy (non-hydrogen) atoms. The zero-order valence-corrected chi connectivity index (χ0v) is 30.7. The Morgan fingerprint density at radius 3 is 1.93 bits per heavy atom. The largest absolute Gasteiger partial charge is 0.372 e. The highest BCUT2D eigenvalue weighted by atomic mass is 15.1. The molecule has 7 aromatic rings. The molecule has 0 spiro atoms. The third-order valence-electron chi connectivity index (χ3n) is 12.8. The number of hydrogen-bond acceptors (Lipinski definition) is 4. The first-order chi connectivity index (χ1) is 26.8. The summed E-state index contributed by atoms with van der Waals surface area (Å²) in [5, 5.41) is 10.1. The first-order valence-corrected chi connectivity index (χ1v) is 20.1. The van der Waals surface area contributed by atoms with Crippen LogP contribution in [0, 0.1) is 5.92 Å². The van der Waals surface area contributed by atoms with E-state index in [9.17, 15) is 0 Å². The summed E-state index contributed by atoms with van der Waals surface area (Å²) < 4.78 is 0. The van der Waals surface area contributed by atoms with E-state index in [1.807, 2.05) is 12.4 Å². The van der Waals surface area contributed by atoms with Gasteiger partial charge in [-0.2, -0.15) is 0 Å². The van der Waals surface area contributed by atoms with Gasteiger partial charge in [0.05, 0.1) is 0 Å². The molecule has 0 N–H and O–H groups in total. The van der Waals surface area contributed by atoms with Crippen molar-refractivity contribution in [1.82, 2.24) is 14.9 Å². The molecule has 5 aromatic carbocycles. The smallest absolute Gasteiger partial charge is 0.0372 e. The third kappa shape index (κ3) is 5.10. The normalized spacial score (nSPS) is 20.1. The first kappa shape index (κ1) is 31.8. The molecule has 2 aromatic heterocycles. The van der Waals surface area contributed by atoms with Crippen molar-refractivity contribution in [2.24, 2.45) is 5.92 Å². The zero-order chi connectivity index (χ0) is 35.6. The molecule has 2 aliphatic carbocycles. The summed E-state index contributed by atoms with van der Waals surface area (Å²) in [7, 11) is 0. The Labute approximate surface area is 317 Å². The molecule has 0 amide bonds. The van der Waals surface area contributed by atoms with Gasteiger partial charge in [0.25, 0.3) is 0 Å². The fourth-order valence-corrected chi connectivity index (χ4v) is 10.3. The second-order valence-corrected chi connectivity index (χ2v) is 15.8. The Bertz CT molecular complexity index is 2600. The monoisotopic (exact) mass is 700 g/mol. The molecule has 2 fully saturated rings. The number of likely N-dealkylation sites (tertiary alicyclic amines) is 1. The molecule has 11 rings (SSSR count). The number of rotatable bonds is 4. The highest BCUT2D eigenvalue weighted by Gasteiger charge is 2.39. The van der Waals surface area contributed by atoms with Gasteiger partial charge in [-0.15, -0.1) is 0 Å². The Hall–Kier alpha value is -5.74. The van der Waals surface area contributed by atoms with Crippen molar-refractivity contribution in [2.45, 2.75) is 44.4 Å². The highest BCUT2D eigenvalue weighted by molar-refractivity contribution is 6.13. The lowest BCUT2D eigenvalue weighted by Crippen LogP contribution is -2.32. The van der Waals surface area contributed by atoms with Crippen molar-refractivity contribution in [3.63, 3.8) is 0 Å². The second-order valence-electron chi connectivity index (χ2n) is 15.8. The van der Waals surface area contributed by atoms with Gasteiger partial charge in [0, 0.05) is 85.0 Å². The zero-order valence-electron chi connectivity index (χ0n) is 30.7. The van der Waals surface area contributed by atoms with Crippen molar-refractivity contribution in [2.75, 3.05) is 31.1 Å². The average Bonchev–Trinajstić information content (AvgIpc) is 3.24.